The van der Waals surface area contributed by atoms with Crippen LogP contribution in [0.15, 0.2) is 0 Å². The van der Waals surface area contributed by atoms with E-state index in [1.54, 1.807) is 0 Å². The van der Waals surface area contributed by atoms with Gasteiger partial charge < -0.3 is 15.7 Å². The molecule has 1 rings (SSSR count). The van der Waals surface area contributed by atoms with Crippen LogP contribution in [0.1, 0.15) is 45.0 Å². The van der Waals surface area contributed by atoms with Gasteiger partial charge in [-0.1, -0.05) is 20.8 Å². The molecule has 0 amide bonds. The Morgan fingerprint density at radius 2 is 1.74 bits per heavy atom. The molecule has 0 aliphatic heterocycles. The van der Waals surface area contributed by atoms with Gasteiger partial charge in [-0.3, -0.25) is 0 Å². The van der Waals surface area contributed by atoms with Gasteiger partial charge in [0.15, 0.2) is 0 Å². The second kappa shape index (κ2) is 6.70. The number of aliphatic hydroxyl groups excluding tert-OH is 1. The standard InChI is InChI=1S/C14H26N4O/c1-10-11(15-5)17-13(14(2,3)4)18-12(10)16-8-6-7-9-19/h19H,6-9H2,1-5H3,(H2,15,16,17,18). The first-order valence-electron chi connectivity index (χ1n) is 6.81. The van der Waals surface area contributed by atoms with Crippen molar-refractivity contribution in [2.45, 2.75) is 46.0 Å². The van der Waals surface area contributed by atoms with Crippen molar-refractivity contribution in [3.8, 4) is 0 Å². The number of aliphatic hydroxyl groups is 1. The number of aromatic nitrogens is 2. The Labute approximate surface area is 115 Å². The molecule has 0 fully saturated rings. The number of anilines is 2. The van der Waals surface area contributed by atoms with Crippen LogP contribution in [0.5, 0.6) is 0 Å². The normalized spacial score (nSPS) is 11.5. The highest BCUT2D eigenvalue weighted by Gasteiger charge is 2.20. The number of nitrogens with zero attached hydrogens (tertiary/aromatic N) is 2. The highest BCUT2D eigenvalue weighted by atomic mass is 16.2. The van der Waals surface area contributed by atoms with E-state index in [1.165, 1.54) is 0 Å². The minimum absolute atomic E-state index is 0.0825. The van der Waals surface area contributed by atoms with Gasteiger partial charge in [-0.2, -0.15) is 0 Å². The summed E-state index contributed by atoms with van der Waals surface area (Å²) < 4.78 is 0. The molecule has 108 valence electrons. The first kappa shape index (κ1) is 15.7. The molecule has 5 nitrogen and oxygen atoms in total. The summed E-state index contributed by atoms with van der Waals surface area (Å²) in [6, 6.07) is 0. The lowest BCUT2D eigenvalue weighted by Gasteiger charge is -2.20. The molecule has 0 spiro atoms. The van der Waals surface area contributed by atoms with Crippen LogP contribution in [-0.4, -0.2) is 35.3 Å². The maximum Gasteiger partial charge on any atom is 0.138 e. The second-order valence-electron chi connectivity index (χ2n) is 5.73. The predicted octanol–water partition coefficient (Wildman–Crippen LogP) is 2.31. The molecular formula is C14H26N4O. The summed E-state index contributed by atoms with van der Waals surface area (Å²) >= 11 is 0. The van der Waals surface area contributed by atoms with Crippen molar-refractivity contribution in [2.75, 3.05) is 30.8 Å². The zero-order valence-corrected chi connectivity index (χ0v) is 12.7. The highest BCUT2D eigenvalue weighted by Crippen LogP contribution is 2.25. The van der Waals surface area contributed by atoms with Gasteiger partial charge >= 0.3 is 0 Å². The molecule has 1 aromatic heterocycles. The zero-order valence-electron chi connectivity index (χ0n) is 12.7. The number of unbranched alkanes of at least 4 members (excludes halogenated alkanes) is 1. The lowest BCUT2D eigenvalue weighted by Crippen LogP contribution is -2.19. The molecule has 3 N–H and O–H groups in total. The largest absolute Gasteiger partial charge is 0.396 e. The molecule has 0 aliphatic rings. The monoisotopic (exact) mass is 266 g/mol. The van der Waals surface area contributed by atoms with Gasteiger partial charge in [0.25, 0.3) is 0 Å². The summed E-state index contributed by atoms with van der Waals surface area (Å²) in [5, 5.41) is 15.2. The molecule has 5 heteroatoms. The van der Waals surface area contributed by atoms with Gasteiger partial charge in [-0.05, 0) is 19.8 Å². The molecular weight excluding hydrogens is 240 g/mol. The number of hydrogen-bond acceptors (Lipinski definition) is 5. The Morgan fingerprint density at radius 1 is 1.11 bits per heavy atom. The number of rotatable bonds is 6. The molecule has 19 heavy (non-hydrogen) atoms. The van der Waals surface area contributed by atoms with Crippen LogP contribution in [-0.2, 0) is 5.41 Å². The maximum atomic E-state index is 8.79. The van der Waals surface area contributed by atoms with Gasteiger partial charge in [-0.25, -0.2) is 9.97 Å². The third kappa shape index (κ3) is 4.35. The summed E-state index contributed by atoms with van der Waals surface area (Å²) in [5.74, 6) is 2.57. The molecule has 0 radical (unpaired) electrons. The van der Waals surface area contributed by atoms with Gasteiger partial charge in [-0.15, -0.1) is 0 Å². The molecule has 0 unspecified atom stereocenters. The Kier molecular flexibility index (Phi) is 5.54. The second-order valence-corrected chi connectivity index (χ2v) is 5.73. The first-order chi connectivity index (χ1) is 8.90. The smallest absolute Gasteiger partial charge is 0.138 e. The molecule has 0 aromatic carbocycles. The van der Waals surface area contributed by atoms with Crippen molar-refractivity contribution in [3.05, 3.63) is 11.4 Å². The van der Waals surface area contributed by atoms with Crippen molar-refractivity contribution in [1.29, 1.82) is 0 Å². The van der Waals surface area contributed by atoms with Gasteiger partial charge in [0.1, 0.15) is 17.5 Å². The molecule has 0 aliphatic carbocycles. The lowest BCUT2D eigenvalue weighted by atomic mass is 9.95. The zero-order chi connectivity index (χ0) is 14.5. The van der Waals surface area contributed by atoms with Crippen molar-refractivity contribution < 1.29 is 5.11 Å². The van der Waals surface area contributed by atoms with Crippen LogP contribution in [0.4, 0.5) is 11.6 Å². The van der Waals surface area contributed by atoms with E-state index in [2.05, 4.69) is 41.4 Å². The molecule has 0 atom stereocenters. The minimum atomic E-state index is -0.0825. The van der Waals surface area contributed by atoms with Crippen LogP contribution in [0.2, 0.25) is 0 Å². The van der Waals surface area contributed by atoms with E-state index >= 15 is 0 Å². The summed E-state index contributed by atoms with van der Waals surface area (Å²) in [6.07, 6.45) is 1.74. The Bertz CT molecular complexity index is 413. The molecule has 0 bridgehead atoms. The Hall–Kier alpha value is -1.36. The molecule has 0 saturated carbocycles. The minimum Gasteiger partial charge on any atom is -0.396 e. The fraction of sp³-hybridized carbons (Fsp3) is 0.714. The number of hydrogen-bond donors (Lipinski definition) is 3. The molecule has 1 aromatic rings. The third-order valence-electron chi connectivity index (χ3n) is 2.93. The van der Waals surface area contributed by atoms with Gasteiger partial charge in [0.05, 0.1) is 0 Å². The molecule has 1 heterocycles. The quantitative estimate of drug-likeness (QED) is 0.689. The Balaban J connectivity index is 2.95. The van der Waals surface area contributed by atoms with Crippen LogP contribution in [0.3, 0.4) is 0 Å². The topological polar surface area (TPSA) is 70.1 Å². The van der Waals surface area contributed by atoms with E-state index in [-0.39, 0.29) is 12.0 Å². The maximum absolute atomic E-state index is 8.79. The fourth-order valence-electron chi connectivity index (χ4n) is 1.71. The van der Waals surface area contributed by atoms with E-state index in [0.717, 1.165) is 42.4 Å². The predicted molar refractivity (Wildman–Crippen MR) is 79.8 cm³/mol. The van der Waals surface area contributed by atoms with Crippen molar-refractivity contribution in [1.82, 2.24) is 9.97 Å². The van der Waals surface area contributed by atoms with E-state index in [1.807, 2.05) is 14.0 Å². The Morgan fingerprint density at radius 3 is 2.26 bits per heavy atom. The van der Waals surface area contributed by atoms with Crippen LogP contribution in [0, 0.1) is 6.92 Å². The molecule has 0 saturated heterocycles. The fourth-order valence-corrected chi connectivity index (χ4v) is 1.71. The first-order valence-corrected chi connectivity index (χ1v) is 6.81. The summed E-state index contributed by atoms with van der Waals surface area (Å²) in [5.41, 5.74) is 0.945. The summed E-state index contributed by atoms with van der Waals surface area (Å²) in [7, 11) is 1.87. The SMILES string of the molecule is CNc1nc(C(C)(C)C)nc(NCCCCO)c1C. The number of nitrogens with one attached hydrogen (secondary N) is 2. The van der Waals surface area contributed by atoms with Crippen molar-refractivity contribution >= 4 is 11.6 Å². The van der Waals surface area contributed by atoms with E-state index < -0.39 is 0 Å². The van der Waals surface area contributed by atoms with Crippen LogP contribution in [0.25, 0.3) is 0 Å². The van der Waals surface area contributed by atoms with Gasteiger partial charge in [0, 0.05) is 31.2 Å². The van der Waals surface area contributed by atoms with Crippen LogP contribution < -0.4 is 10.6 Å². The van der Waals surface area contributed by atoms with Crippen molar-refractivity contribution in [3.63, 3.8) is 0 Å². The average molecular weight is 266 g/mol. The van der Waals surface area contributed by atoms with E-state index in [0.29, 0.717) is 0 Å². The highest BCUT2D eigenvalue weighted by molar-refractivity contribution is 5.57. The lowest BCUT2D eigenvalue weighted by molar-refractivity contribution is 0.286. The third-order valence-corrected chi connectivity index (χ3v) is 2.93. The van der Waals surface area contributed by atoms with Crippen LogP contribution >= 0.6 is 0 Å². The average Bonchev–Trinajstić information content (AvgIpc) is 2.35. The summed E-state index contributed by atoms with van der Waals surface area (Å²) in [4.78, 5) is 9.19. The van der Waals surface area contributed by atoms with Crippen molar-refractivity contribution in [2.24, 2.45) is 0 Å². The van der Waals surface area contributed by atoms with E-state index in [9.17, 15) is 0 Å². The van der Waals surface area contributed by atoms with Gasteiger partial charge in [0.2, 0.25) is 0 Å². The summed E-state index contributed by atoms with van der Waals surface area (Å²) in [6.45, 7) is 9.36. The van der Waals surface area contributed by atoms with E-state index in [4.69, 9.17) is 5.11 Å².